The number of halogens is 8. The van der Waals surface area contributed by atoms with Gasteiger partial charge in [0.25, 0.3) is 5.78 Å². The second-order valence-corrected chi connectivity index (χ2v) is 10.7. The highest BCUT2D eigenvalue weighted by atomic mass is 19.4. The average Bonchev–Trinajstić information content (AvgIpc) is 2.91. The molecule has 0 saturated carbocycles. The summed E-state index contributed by atoms with van der Waals surface area (Å²) in [5, 5.41) is 17.5. The number of hydrogen-bond donors (Lipinski definition) is 5. The Morgan fingerprint density at radius 1 is 0.778 bits per heavy atom. The molecule has 0 aliphatic heterocycles. The van der Waals surface area contributed by atoms with E-state index in [0.717, 1.165) is 0 Å². The first-order valence-electron chi connectivity index (χ1n) is 13.5. The molecule has 0 radical (unpaired) electrons. The van der Waals surface area contributed by atoms with E-state index in [0.29, 0.717) is 12.1 Å². The predicted octanol–water partition coefficient (Wildman–Crippen LogP) is 4.26. The lowest BCUT2D eigenvalue weighted by Gasteiger charge is -2.28. The van der Waals surface area contributed by atoms with Crippen LogP contribution in [0.5, 0.6) is 0 Å². The molecule has 1 aromatic rings. The van der Waals surface area contributed by atoms with Crippen LogP contribution < -0.4 is 21.3 Å². The molecule has 0 aliphatic carbocycles. The molecule has 45 heavy (non-hydrogen) atoms. The van der Waals surface area contributed by atoms with E-state index in [1.165, 1.54) is 6.92 Å². The minimum atomic E-state index is -5.11. The third-order valence-electron chi connectivity index (χ3n) is 6.48. The zero-order valence-electron chi connectivity index (χ0n) is 24.5. The van der Waals surface area contributed by atoms with Crippen molar-refractivity contribution in [3.05, 3.63) is 34.9 Å². The van der Waals surface area contributed by atoms with Crippen molar-refractivity contribution in [3.8, 4) is 0 Å². The van der Waals surface area contributed by atoms with Crippen molar-refractivity contribution in [1.82, 2.24) is 21.3 Å². The van der Waals surface area contributed by atoms with Crippen LogP contribution in [-0.4, -0.2) is 59.3 Å². The van der Waals surface area contributed by atoms with E-state index in [4.69, 9.17) is 5.11 Å². The second-order valence-electron chi connectivity index (χ2n) is 10.7. The van der Waals surface area contributed by atoms with Crippen molar-refractivity contribution in [2.75, 3.05) is 0 Å². The normalized spacial score (nSPS) is 14.7. The second kappa shape index (κ2) is 16.4. The molecule has 0 aromatic heterocycles. The molecule has 18 heteroatoms. The Bertz CT molecular complexity index is 1190. The number of rotatable bonds is 15. The molecular formula is C27H34F8N4O6. The Morgan fingerprint density at radius 3 is 1.71 bits per heavy atom. The number of benzene rings is 1. The van der Waals surface area contributed by atoms with Gasteiger partial charge in [0, 0.05) is 13.0 Å². The molecule has 5 N–H and O–H groups in total. The first-order chi connectivity index (χ1) is 20.6. The summed E-state index contributed by atoms with van der Waals surface area (Å²) in [5.41, 5.74) is -3.73. The number of carboxylic acid groups (broad SMARTS) is 1. The van der Waals surface area contributed by atoms with Gasteiger partial charge in [-0.15, -0.1) is 0 Å². The molecule has 0 heterocycles. The molecular weight excluding hydrogens is 628 g/mol. The highest BCUT2D eigenvalue weighted by molar-refractivity contribution is 6.35. The van der Waals surface area contributed by atoms with Gasteiger partial charge in [0.2, 0.25) is 18.2 Å². The van der Waals surface area contributed by atoms with E-state index >= 15 is 0 Å². The summed E-state index contributed by atoms with van der Waals surface area (Å²) in [6.07, 6.45) is -14.6. The fourth-order valence-electron chi connectivity index (χ4n) is 3.99. The summed E-state index contributed by atoms with van der Waals surface area (Å²) in [6, 6.07) is -5.41. The minimum Gasteiger partial charge on any atom is -0.475 e. The Balaban J connectivity index is 3.15. The fraction of sp³-hybridized carbons (Fsp3) is 0.593. The van der Waals surface area contributed by atoms with Crippen LogP contribution in [0.2, 0.25) is 0 Å². The number of ketones is 1. The number of nitrogens with one attached hydrogen (secondary N) is 4. The van der Waals surface area contributed by atoms with E-state index in [9.17, 15) is 59.1 Å². The van der Waals surface area contributed by atoms with Gasteiger partial charge in [-0.05, 0) is 42.0 Å². The third-order valence-corrected chi connectivity index (χ3v) is 6.48. The predicted molar refractivity (Wildman–Crippen MR) is 142 cm³/mol. The van der Waals surface area contributed by atoms with E-state index in [2.05, 4.69) is 16.0 Å². The first-order valence-corrected chi connectivity index (χ1v) is 13.5. The van der Waals surface area contributed by atoms with Crippen molar-refractivity contribution in [2.24, 2.45) is 11.8 Å². The monoisotopic (exact) mass is 662 g/mol. The van der Waals surface area contributed by atoms with E-state index in [1.54, 1.807) is 20.8 Å². The quantitative estimate of drug-likeness (QED) is 0.140. The fourth-order valence-corrected chi connectivity index (χ4v) is 3.99. The number of hydrogen-bond acceptors (Lipinski definition) is 5. The number of aliphatic carboxylic acids is 1. The summed E-state index contributed by atoms with van der Waals surface area (Å²) in [6.45, 7) is 5.59. The molecule has 0 fully saturated rings. The molecule has 254 valence electrons. The lowest BCUT2D eigenvalue weighted by molar-refractivity contribution is -0.151. The topological polar surface area (TPSA) is 154 Å². The largest absolute Gasteiger partial charge is 0.475 e. The average molecular weight is 663 g/mol. The Kier molecular flexibility index (Phi) is 14.2. The van der Waals surface area contributed by atoms with Crippen LogP contribution in [-0.2, 0) is 38.1 Å². The third kappa shape index (κ3) is 12.9. The molecule has 4 atom stereocenters. The van der Waals surface area contributed by atoms with Crippen molar-refractivity contribution in [3.63, 3.8) is 0 Å². The lowest BCUT2D eigenvalue weighted by atomic mass is 9.96. The van der Waals surface area contributed by atoms with Crippen molar-refractivity contribution in [2.45, 2.75) is 90.4 Å². The van der Waals surface area contributed by atoms with Crippen LogP contribution in [0.3, 0.4) is 0 Å². The SMILES string of the molecule is CCC(C)[C@H](NC(=O)NCc1cc(C(F)(F)F)cc(C(F)(F)F)c1)C(=O)N[C@@H](CC(C)C)C(=O)NC(CC(F)F)C(=O)C(=O)O. The smallest absolute Gasteiger partial charge is 0.416 e. The molecule has 0 spiro atoms. The molecule has 0 saturated heterocycles. The summed E-state index contributed by atoms with van der Waals surface area (Å²) in [4.78, 5) is 61.6. The van der Waals surface area contributed by atoms with Gasteiger partial charge in [-0.25, -0.2) is 18.4 Å². The highest BCUT2D eigenvalue weighted by Gasteiger charge is 2.37. The molecule has 0 aliphatic rings. The van der Waals surface area contributed by atoms with E-state index in [1.807, 2.05) is 5.32 Å². The van der Waals surface area contributed by atoms with Gasteiger partial charge in [-0.1, -0.05) is 34.1 Å². The summed E-state index contributed by atoms with van der Waals surface area (Å²) < 4.78 is 105. The van der Waals surface area contributed by atoms with Crippen molar-refractivity contribution >= 4 is 29.6 Å². The Labute approximate surface area is 252 Å². The number of carbonyl (C=O) groups excluding carboxylic acids is 4. The number of carboxylic acids is 1. The van der Waals surface area contributed by atoms with E-state index in [-0.39, 0.29) is 24.8 Å². The molecule has 4 amide bonds. The summed E-state index contributed by atoms with van der Waals surface area (Å²) in [5.74, 6) is -6.88. The summed E-state index contributed by atoms with van der Waals surface area (Å²) in [7, 11) is 0. The summed E-state index contributed by atoms with van der Waals surface area (Å²) >= 11 is 0. The van der Waals surface area contributed by atoms with Gasteiger partial charge in [-0.2, -0.15) is 26.3 Å². The van der Waals surface area contributed by atoms with Gasteiger partial charge < -0.3 is 26.4 Å². The molecule has 2 unspecified atom stereocenters. The van der Waals surface area contributed by atoms with Crippen LogP contribution in [0.15, 0.2) is 18.2 Å². The van der Waals surface area contributed by atoms with Gasteiger partial charge in [0.05, 0.1) is 11.1 Å². The molecule has 1 aromatic carbocycles. The van der Waals surface area contributed by atoms with Crippen molar-refractivity contribution < 1.29 is 64.2 Å². The minimum absolute atomic E-state index is 0.0795. The van der Waals surface area contributed by atoms with Crippen LogP contribution >= 0.6 is 0 Å². The number of Topliss-reactive ketones (excluding diaryl/α,β-unsaturated/α-hetero) is 1. The van der Waals surface area contributed by atoms with Gasteiger partial charge in [0.1, 0.15) is 18.1 Å². The van der Waals surface area contributed by atoms with Gasteiger partial charge >= 0.3 is 24.4 Å². The lowest BCUT2D eigenvalue weighted by Crippen LogP contribution is -2.58. The number of urea groups is 1. The first kappa shape index (κ1) is 39.0. The van der Waals surface area contributed by atoms with E-state index < -0.39 is 102 Å². The zero-order chi connectivity index (χ0) is 34.9. The number of alkyl halides is 8. The number of carbonyl (C=O) groups is 5. The Hall–Kier alpha value is -3.99. The van der Waals surface area contributed by atoms with Crippen LogP contribution in [0.4, 0.5) is 39.9 Å². The van der Waals surface area contributed by atoms with Crippen LogP contribution in [0.25, 0.3) is 0 Å². The maximum Gasteiger partial charge on any atom is 0.416 e. The van der Waals surface area contributed by atoms with Gasteiger partial charge in [-0.3, -0.25) is 14.4 Å². The Morgan fingerprint density at radius 2 is 1.29 bits per heavy atom. The molecule has 0 bridgehead atoms. The molecule has 1 rings (SSSR count). The maximum atomic E-state index is 13.2. The molecule has 10 nitrogen and oxygen atoms in total. The van der Waals surface area contributed by atoms with Crippen molar-refractivity contribution in [1.29, 1.82) is 0 Å². The number of amides is 4. The highest BCUT2D eigenvalue weighted by Crippen LogP contribution is 2.36. The van der Waals surface area contributed by atoms with Crippen LogP contribution in [0, 0.1) is 11.8 Å². The van der Waals surface area contributed by atoms with Crippen LogP contribution in [0.1, 0.15) is 63.6 Å². The maximum absolute atomic E-state index is 13.2. The van der Waals surface area contributed by atoms with Gasteiger partial charge in [0.15, 0.2) is 0 Å². The standard InChI is InChI=1S/C27H34F8N4O6/c1-5-13(4)20(39-25(45)36-11-14-7-15(26(30,31)32)9-16(8-14)27(33,34)35)23(42)38-18(6-12(2)3)22(41)37-17(10-19(28)29)21(40)24(43)44/h7-9,12-13,17-20H,5-6,10-11H2,1-4H3,(H,37,41)(H,38,42)(H,43,44)(H2,36,39,45)/t13?,17?,18-,20-/m0/s1. The zero-order valence-corrected chi connectivity index (χ0v) is 24.5.